The summed E-state index contributed by atoms with van der Waals surface area (Å²) >= 11 is 0. The largest absolute Gasteiger partial charge is 0.483 e. The Balaban J connectivity index is 1.41. The van der Waals surface area contributed by atoms with Gasteiger partial charge in [0, 0.05) is 18.2 Å². The molecule has 2 atom stereocenters. The molecule has 0 bridgehead atoms. The van der Waals surface area contributed by atoms with Gasteiger partial charge in [0.05, 0.1) is 23.4 Å². The number of hydrogen-bond acceptors (Lipinski definition) is 4. The lowest BCUT2D eigenvalue weighted by Crippen LogP contribution is -2.57. The van der Waals surface area contributed by atoms with Crippen molar-refractivity contribution in [3.8, 4) is 5.75 Å². The summed E-state index contributed by atoms with van der Waals surface area (Å²) in [7, 11) is 0. The topological polar surface area (TPSA) is 87.3 Å². The first-order chi connectivity index (χ1) is 15.7. The summed E-state index contributed by atoms with van der Waals surface area (Å²) in [6, 6.07) is 13.1. The highest BCUT2D eigenvalue weighted by Crippen LogP contribution is 2.25. The van der Waals surface area contributed by atoms with Gasteiger partial charge in [0.15, 0.2) is 6.61 Å². The SMILES string of the molecule is O=C1COc2ccccc2C/C=C/C[C@@H]2[C@@H](CCCN2C(=O)c2ccc3nc[nH]c3c2)N1. The van der Waals surface area contributed by atoms with Gasteiger partial charge in [-0.15, -0.1) is 0 Å². The number of aromatic amines is 1. The van der Waals surface area contributed by atoms with Gasteiger partial charge in [-0.05, 0) is 55.5 Å². The Kier molecular flexibility index (Phi) is 5.62. The summed E-state index contributed by atoms with van der Waals surface area (Å²) in [4.78, 5) is 35.3. The fraction of sp³-hybridized carbons (Fsp3) is 0.320. The molecule has 7 nitrogen and oxygen atoms in total. The van der Waals surface area contributed by atoms with Crippen LogP contribution in [-0.4, -0.2) is 51.9 Å². The van der Waals surface area contributed by atoms with Crippen LogP contribution in [0, 0.1) is 0 Å². The van der Waals surface area contributed by atoms with E-state index in [9.17, 15) is 9.59 Å². The van der Waals surface area contributed by atoms with Crippen LogP contribution >= 0.6 is 0 Å². The Morgan fingerprint density at radius 1 is 1.16 bits per heavy atom. The Morgan fingerprint density at radius 2 is 2.06 bits per heavy atom. The van der Waals surface area contributed by atoms with E-state index in [2.05, 4.69) is 27.4 Å². The predicted octanol–water partition coefficient (Wildman–Crippen LogP) is 3.23. The van der Waals surface area contributed by atoms with Gasteiger partial charge in [-0.3, -0.25) is 9.59 Å². The zero-order valence-corrected chi connectivity index (χ0v) is 17.8. The van der Waals surface area contributed by atoms with Gasteiger partial charge in [-0.2, -0.15) is 0 Å². The molecule has 5 rings (SSSR count). The van der Waals surface area contributed by atoms with E-state index in [1.165, 1.54) is 0 Å². The van der Waals surface area contributed by atoms with Crippen molar-refractivity contribution in [2.45, 2.75) is 37.8 Å². The van der Waals surface area contributed by atoms with Crippen LogP contribution in [0.25, 0.3) is 11.0 Å². The third-order valence-electron chi connectivity index (χ3n) is 6.27. The number of ether oxygens (including phenoxy) is 1. The quantitative estimate of drug-likeness (QED) is 0.581. The summed E-state index contributed by atoms with van der Waals surface area (Å²) in [5.41, 5.74) is 3.34. The van der Waals surface area contributed by atoms with E-state index >= 15 is 0 Å². The molecule has 2 aliphatic rings. The number of carbonyl (C=O) groups is 2. The van der Waals surface area contributed by atoms with Gasteiger partial charge >= 0.3 is 0 Å². The van der Waals surface area contributed by atoms with E-state index in [0.29, 0.717) is 18.5 Å². The molecular formula is C25H26N4O3. The first-order valence-electron chi connectivity index (χ1n) is 11.1. The van der Waals surface area contributed by atoms with E-state index in [4.69, 9.17) is 4.74 Å². The number of nitrogens with zero attached hydrogens (tertiary/aromatic N) is 2. The van der Waals surface area contributed by atoms with E-state index in [0.717, 1.165) is 41.6 Å². The van der Waals surface area contributed by atoms with Crippen molar-refractivity contribution in [2.75, 3.05) is 13.2 Å². The number of allylic oxidation sites excluding steroid dienone is 1. The number of aromatic nitrogens is 2. The van der Waals surface area contributed by atoms with Gasteiger partial charge in [-0.1, -0.05) is 30.4 Å². The predicted molar refractivity (Wildman–Crippen MR) is 121 cm³/mol. The number of imidazole rings is 1. The highest BCUT2D eigenvalue weighted by Gasteiger charge is 2.35. The highest BCUT2D eigenvalue weighted by atomic mass is 16.5. The summed E-state index contributed by atoms with van der Waals surface area (Å²) in [5, 5.41) is 3.12. The molecule has 164 valence electrons. The lowest BCUT2D eigenvalue weighted by molar-refractivity contribution is -0.124. The van der Waals surface area contributed by atoms with E-state index in [1.54, 1.807) is 6.33 Å². The number of nitrogens with one attached hydrogen (secondary N) is 2. The number of H-pyrrole nitrogens is 1. The average molecular weight is 431 g/mol. The lowest BCUT2D eigenvalue weighted by Gasteiger charge is -2.41. The van der Waals surface area contributed by atoms with Crippen LogP contribution in [0.3, 0.4) is 0 Å². The van der Waals surface area contributed by atoms with E-state index < -0.39 is 0 Å². The molecule has 0 radical (unpaired) electrons. The lowest BCUT2D eigenvalue weighted by atomic mass is 9.92. The molecule has 0 aliphatic carbocycles. The standard InChI is InChI=1S/C25H26N4O3/c30-24-15-32-23-10-4-2-7-17(23)6-1-3-9-22-20(28-24)8-5-13-29(22)25(31)18-11-12-19-21(14-18)27-16-26-19/h1-4,7,10-12,14,16,20,22H,5-6,8-9,13,15H2,(H,26,27)(H,28,30)/b3-1+/t20-,22-/m1/s1. The Hall–Kier alpha value is -3.61. The van der Waals surface area contributed by atoms with Gasteiger partial charge < -0.3 is 19.9 Å². The maximum atomic E-state index is 13.5. The van der Waals surface area contributed by atoms with Crippen molar-refractivity contribution in [1.82, 2.24) is 20.2 Å². The van der Waals surface area contributed by atoms with Crippen molar-refractivity contribution in [3.05, 3.63) is 72.1 Å². The molecule has 0 saturated carbocycles. The minimum Gasteiger partial charge on any atom is -0.483 e. The first kappa shape index (κ1) is 20.3. The molecule has 2 aliphatic heterocycles. The van der Waals surface area contributed by atoms with E-state index in [1.807, 2.05) is 47.4 Å². The third kappa shape index (κ3) is 4.10. The molecule has 2 N–H and O–H groups in total. The van der Waals surface area contributed by atoms with Gasteiger partial charge in [-0.25, -0.2) is 4.98 Å². The molecule has 0 spiro atoms. The van der Waals surface area contributed by atoms with Crippen LogP contribution < -0.4 is 10.1 Å². The first-order valence-corrected chi connectivity index (χ1v) is 11.1. The number of amides is 2. The maximum Gasteiger partial charge on any atom is 0.258 e. The van der Waals surface area contributed by atoms with Crippen molar-refractivity contribution < 1.29 is 14.3 Å². The minimum absolute atomic E-state index is 0.0208. The number of hydrogen-bond donors (Lipinski definition) is 2. The summed E-state index contributed by atoms with van der Waals surface area (Å²) in [6.45, 7) is 0.637. The monoisotopic (exact) mass is 430 g/mol. The smallest absolute Gasteiger partial charge is 0.258 e. The average Bonchev–Trinajstić information content (AvgIpc) is 3.28. The molecule has 3 heterocycles. The number of benzene rings is 2. The second kappa shape index (κ2) is 8.86. The minimum atomic E-state index is -0.160. The summed E-state index contributed by atoms with van der Waals surface area (Å²) in [6.07, 6.45) is 8.95. The van der Waals surface area contributed by atoms with Crippen LogP contribution in [-0.2, 0) is 11.2 Å². The third-order valence-corrected chi connectivity index (χ3v) is 6.27. The number of para-hydroxylation sites is 1. The Labute approximate surface area is 186 Å². The zero-order chi connectivity index (χ0) is 21.9. The van der Waals surface area contributed by atoms with Crippen LogP contribution in [0.4, 0.5) is 0 Å². The van der Waals surface area contributed by atoms with Crippen molar-refractivity contribution in [2.24, 2.45) is 0 Å². The van der Waals surface area contributed by atoms with Crippen LogP contribution in [0.15, 0.2) is 60.9 Å². The van der Waals surface area contributed by atoms with Crippen molar-refractivity contribution in [3.63, 3.8) is 0 Å². The normalized spacial score (nSPS) is 22.5. The van der Waals surface area contributed by atoms with Gasteiger partial charge in [0.25, 0.3) is 11.8 Å². The summed E-state index contributed by atoms with van der Waals surface area (Å²) in [5.74, 6) is 0.555. The highest BCUT2D eigenvalue weighted by molar-refractivity contribution is 5.97. The Morgan fingerprint density at radius 3 is 3.00 bits per heavy atom. The number of piperidine rings is 1. The van der Waals surface area contributed by atoms with E-state index in [-0.39, 0.29) is 30.5 Å². The number of rotatable bonds is 1. The van der Waals surface area contributed by atoms with Crippen LogP contribution in [0.2, 0.25) is 0 Å². The fourth-order valence-corrected chi connectivity index (χ4v) is 4.65. The second-order valence-corrected chi connectivity index (χ2v) is 8.32. The van der Waals surface area contributed by atoms with Crippen LogP contribution in [0.1, 0.15) is 35.2 Å². The van der Waals surface area contributed by atoms with Gasteiger partial charge in [0.2, 0.25) is 0 Å². The molecule has 32 heavy (non-hydrogen) atoms. The van der Waals surface area contributed by atoms with Crippen molar-refractivity contribution in [1.29, 1.82) is 0 Å². The number of likely N-dealkylation sites (tertiary alicyclic amines) is 1. The molecule has 1 saturated heterocycles. The second-order valence-electron chi connectivity index (χ2n) is 8.32. The molecular weight excluding hydrogens is 404 g/mol. The Bertz CT molecular complexity index is 1170. The zero-order valence-electron chi connectivity index (χ0n) is 17.8. The molecule has 1 fully saturated rings. The molecule has 2 amide bonds. The molecule has 7 heteroatoms. The van der Waals surface area contributed by atoms with Gasteiger partial charge in [0.1, 0.15) is 5.75 Å². The van der Waals surface area contributed by atoms with Crippen LogP contribution in [0.5, 0.6) is 5.75 Å². The molecule has 2 aromatic carbocycles. The molecule has 3 aromatic rings. The molecule has 1 aromatic heterocycles. The number of carbonyl (C=O) groups excluding carboxylic acids is 2. The van der Waals surface area contributed by atoms with Crippen molar-refractivity contribution >= 4 is 22.8 Å². The molecule has 0 unspecified atom stereocenters. The fourth-order valence-electron chi connectivity index (χ4n) is 4.65. The maximum absolute atomic E-state index is 13.5. The number of fused-ring (bicyclic) bond motifs is 3. The summed E-state index contributed by atoms with van der Waals surface area (Å²) < 4.78 is 5.79.